The van der Waals surface area contributed by atoms with Crippen LogP contribution in [0.2, 0.25) is 0 Å². The minimum atomic E-state index is -0.421. The summed E-state index contributed by atoms with van der Waals surface area (Å²) in [6.07, 6.45) is 3.03. The number of nitro benzene ring substituents is 1. The van der Waals surface area contributed by atoms with Crippen molar-refractivity contribution in [2.45, 2.75) is 45.3 Å². The molecule has 0 spiro atoms. The van der Waals surface area contributed by atoms with E-state index in [0.29, 0.717) is 16.8 Å². The Balaban J connectivity index is 1.78. The number of amides is 1. The molecule has 2 heterocycles. The van der Waals surface area contributed by atoms with Crippen LogP contribution < -0.4 is 5.32 Å². The van der Waals surface area contributed by atoms with E-state index in [1.165, 1.54) is 12.1 Å². The maximum Gasteiger partial charge on any atom is 0.270 e. The monoisotopic (exact) mass is 290 g/mol. The zero-order chi connectivity index (χ0) is 15.1. The highest BCUT2D eigenvalue weighted by atomic mass is 16.6. The molecule has 6 nitrogen and oxygen atoms in total. The van der Waals surface area contributed by atoms with E-state index in [0.717, 1.165) is 19.3 Å². The third kappa shape index (κ3) is 2.51. The van der Waals surface area contributed by atoms with Crippen molar-refractivity contribution in [3.63, 3.8) is 0 Å². The normalized spacial score (nSPS) is 26.9. The molecule has 1 N–H and O–H groups in total. The predicted molar refractivity (Wildman–Crippen MR) is 77.2 cm³/mol. The summed E-state index contributed by atoms with van der Waals surface area (Å²) in [6, 6.07) is 2.97. The number of rotatable bonds is 3. The first-order valence-electron chi connectivity index (χ1n) is 7.17. The molecule has 2 fully saturated rings. The predicted octanol–water partition coefficient (Wildman–Crippen LogP) is 2.72. The molecule has 2 aliphatic heterocycles. The zero-order valence-electron chi connectivity index (χ0n) is 12.1. The van der Waals surface area contributed by atoms with Crippen LogP contribution in [-0.4, -0.2) is 23.0 Å². The number of anilines is 1. The van der Waals surface area contributed by atoms with Crippen molar-refractivity contribution in [1.29, 1.82) is 0 Å². The van der Waals surface area contributed by atoms with Gasteiger partial charge in [-0.1, -0.05) is 0 Å². The van der Waals surface area contributed by atoms with Crippen LogP contribution in [0, 0.1) is 29.9 Å². The highest BCUT2D eigenvalue weighted by molar-refractivity contribution is 5.95. The molecule has 2 aliphatic rings. The average Bonchev–Trinajstić information content (AvgIpc) is 3.04. The number of carbonyl (C=O) groups is 1. The Labute approximate surface area is 122 Å². The molecular formula is C15H18N2O4. The van der Waals surface area contributed by atoms with Crippen molar-refractivity contribution in [3.8, 4) is 0 Å². The first-order valence-corrected chi connectivity index (χ1v) is 7.17. The summed E-state index contributed by atoms with van der Waals surface area (Å²) in [7, 11) is 0. The van der Waals surface area contributed by atoms with Gasteiger partial charge in [0.15, 0.2) is 0 Å². The van der Waals surface area contributed by atoms with Crippen molar-refractivity contribution in [1.82, 2.24) is 0 Å². The van der Waals surface area contributed by atoms with Crippen molar-refractivity contribution in [2.75, 3.05) is 5.32 Å². The summed E-state index contributed by atoms with van der Waals surface area (Å²) >= 11 is 0. The SMILES string of the molecule is Cc1cc([N+](=O)[O-])cc(C)c1NC(=O)[C@H]1C[C@H]2CC[C@H]1O2. The van der Waals surface area contributed by atoms with E-state index in [1.807, 2.05) is 0 Å². The van der Waals surface area contributed by atoms with E-state index in [4.69, 9.17) is 4.74 Å². The molecular weight excluding hydrogens is 272 g/mol. The number of nitrogens with zero attached hydrogens (tertiary/aromatic N) is 1. The molecule has 0 aromatic heterocycles. The minimum absolute atomic E-state index is 0.0358. The van der Waals surface area contributed by atoms with Gasteiger partial charge in [-0.05, 0) is 44.2 Å². The third-order valence-corrected chi connectivity index (χ3v) is 4.42. The maximum atomic E-state index is 12.4. The molecule has 0 radical (unpaired) electrons. The fraction of sp³-hybridized carbons (Fsp3) is 0.533. The van der Waals surface area contributed by atoms with Gasteiger partial charge in [0.05, 0.1) is 23.0 Å². The van der Waals surface area contributed by atoms with E-state index in [1.54, 1.807) is 13.8 Å². The summed E-state index contributed by atoms with van der Waals surface area (Å²) in [4.78, 5) is 22.8. The van der Waals surface area contributed by atoms with Gasteiger partial charge >= 0.3 is 0 Å². The molecule has 21 heavy (non-hydrogen) atoms. The largest absolute Gasteiger partial charge is 0.374 e. The van der Waals surface area contributed by atoms with Gasteiger partial charge in [-0.15, -0.1) is 0 Å². The van der Waals surface area contributed by atoms with Gasteiger partial charge in [0.1, 0.15) is 0 Å². The number of hydrogen-bond acceptors (Lipinski definition) is 4. The Bertz CT molecular complexity index is 591. The summed E-state index contributed by atoms with van der Waals surface area (Å²) < 4.78 is 5.70. The lowest BCUT2D eigenvalue weighted by Crippen LogP contribution is -2.31. The van der Waals surface area contributed by atoms with Crippen LogP contribution in [0.5, 0.6) is 0 Å². The van der Waals surface area contributed by atoms with Gasteiger partial charge < -0.3 is 10.1 Å². The Morgan fingerprint density at radius 3 is 2.48 bits per heavy atom. The molecule has 0 unspecified atom stereocenters. The first kappa shape index (κ1) is 14.0. The van der Waals surface area contributed by atoms with E-state index in [2.05, 4.69) is 5.32 Å². The average molecular weight is 290 g/mol. The van der Waals surface area contributed by atoms with Crippen LogP contribution in [0.25, 0.3) is 0 Å². The number of carbonyl (C=O) groups excluding carboxylic acids is 1. The second-order valence-corrected chi connectivity index (χ2v) is 5.92. The fourth-order valence-electron chi connectivity index (χ4n) is 3.37. The number of aryl methyl sites for hydroxylation is 2. The number of fused-ring (bicyclic) bond motifs is 2. The quantitative estimate of drug-likeness (QED) is 0.685. The Kier molecular flexibility index (Phi) is 3.41. The van der Waals surface area contributed by atoms with E-state index < -0.39 is 4.92 Å². The van der Waals surface area contributed by atoms with Crippen LogP contribution in [0.15, 0.2) is 12.1 Å². The highest BCUT2D eigenvalue weighted by Crippen LogP contribution is 2.39. The van der Waals surface area contributed by atoms with Crippen LogP contribution in [-0.2, 0) is 9.53 Å². The second-order valence-electron chi connectivity index (χ2n) is 5.92. The molecule has 1 aromatic rings. The van der Waals surface area contributed by atoms with Crippen LogP contribution in [0.1, 0.15) is 30.4 Å². The van der Waals surface area contributed by atoms with Crippen molar-refractivity contribution in [3.05, 3.63) is 33.4 Å². The lowest BCUT2D eigenvalue weighted by Gasteiger charge is -2.19. The summed E-state index contributed by atoms with van der Waals surface area (Å²) in [5.74, 6) is -0.139. The molecule has 3 rings (SSSR count). The molecule has 112 valence electrons. The number of nitro groups is 1. The Morgan fingerprint density at radius 1 is 1.33 bits per heavy atom. The van der Waals surface area contributed by atoms with Gasteiger partial charge in [-0.25, -0.2) is 0 Å². The first-order chi connectivity index (χ1) is 9.95. The highest BCUT2D eigenvalue weighted by Gasteiger charge is 2.44. The number of non-ortho nitro benzene ring substituents is 1. The summed E-state index contributed by atoms with van der Waals surface area (Å²) in [5, 5.41) is 13.8. The molecule has 2 bridgehead atoms. The number of benzene rings is 1. The van der Waals surface area contributed by atoms with Crippen molar-refractivity contribution < 1.29 is 14.5 Å². The molecule has 0 aliphatic carbocycles. The Hall–Kier alpha value is -1.95. The fourth-order valence-corrected chi connectivity index (χ4v) is 3.37. The van der Waals surface area contributed by atoms with Crippen LogP contribution in [0.4, 0.5) is 11.4 Å². The van der Waals surface area contributed by atoms with E-state index >= 15 is 0 Å². The Morgan fingerprint density at radius 2 is 2.00 bits per heavy atom. The smallest absolute Gasteiger partial charge is 0.270 e. The lowest BCUT2D eigenvalue weighted by molar-refractivity contribution is -0.384. The van der Waals surface area contributed by atoms with E-state index in [9.17, 15) is 14.9 Å². The van der Waals surface area contributed by atoms with E-state index in [-0.39, 0.29) is 29.7 Å². The number of ether oxygens (including phenoxy) is 1. The third-order valence-electron chi connectivity index (χ3n) is 4.42. The van der Waals surface area contributed by atoms with Gasteiger partial charge in [0, 0.05) is 17.8 Å². The molecule has 0 saturated carbocycles. The molecule has 3 atom stereocenters. The maximum absolute atomic E-state index is 12.4. The lowest BCUT2D eigenvalue weighted by atomic mass is 9.88. The zero-order valence-corrected chi connectivity index (χ0v) is 12.1. The van der Waals surface area contributed by atoms with Crippen LogP contribution >= 0.6 is 0 Å². The van der Waals surface area contributed by atoms with Crippen LogP contribution in [0.3, 0.4) is 0 Å². The standard InChI is InChI=1S/C15H18N2O4/c1-8-5-10(17(19)20)6-9(2)14(8)16-15(18)12-7-11-3-4-13(12)21-11/h5-6,11-13H,3-4,7H2,1-2H3,(H,16,18)/t11-,12+,13-/m1/s1. The van der Waals surface area contributed by atoms with Gasteiger partial charge in [-0.2, -0.15) is 0 Å². The van der Waals surface area contributed by atoms with Gasteiger partial charge in [0.25, 0.3) is 5.69 Å². The van der Waals surface area contributed by atoms with Gasteiger partial charge in [-0.3, -0.25) is 14.9 Å². The molecule has 1 aromatic carbocycles. The van der Waals surface area contributed by atoms with Crippen molar-refractivity contribution in [2.24, 2.45) is 5.92 Å². The van der Waals surface area contributed by atoms with Gasteiger partial charge in [0.2, 0.25) is 5.91 Å². The summed E-state index contributed by atoms with van der Waals surface area (Å²) in [5.41, 5.74) is 2.14. The van der Waals surface area contributed by atoms with Crippen molar-refractivity contribution >= 4 is 17.3 Å². The molecule has 6 heteroatoms. The molecule has 1 amide bonds. The number of hydrogen-bond donors (Lipinski definition) is 1. The second kappa shape index (κ2) is 5.11. The number of nitrogens with one attached hydrogen (secondary N) is 1. The topological polar surface area (TPSA) is 81.5 Å². The molecule has 2 saturated heterocycles. The minimum Gasteiger partial charge on any atom is -0.374 e. The summed E-state index contributed by atoms with van der Waals surface area (Å²) in [6.45, 7) is 3.54.